The Labute approximate surface area is 198 Å². The zero-order valence-corrected chi connectivity index (χ0v) is 19.9. The highest BCUT2D eigenvalue weighted by molar-refractivity contribution is 5.81. The zero-order valence-electron chi connectivity index (χ0n) is 19.9. The predicted octanol–water partition coefficient (Wildman–Crippen LogP) is 7.72. The van der Waals surface area contributed by atoms with Crippen LogP contribution in [0.3, 0.4) is 0 Å². The second kappa shape index (κ2) is 11.0. The Morgan fingerprint density at radius 2 is 1.06 bits per heavy atom. The summed E-state index contributed by atoms with van der Waals surface area (Å²) in [6.45, 7) is 10.3. The molecule has 0 amide bonds. The fourth-order valence-corrected chi connectivity index (χ4v) is 4.08. The monoisotopic (exact) mass is 435 g/mol. The third-order valence-corrected chi connectivity index (χ3v) is 6.18. The van der Waals surface area contributed by atoms with Crippen LogP contribution in [0.2, 0.25) is 0 Å². The molecule has 0 atom stereocenters. The summed E-state index contributed by atoms with van der Waals surface area (Å²) < 4.78 is 5.99. The first-order valence-corrected chi connectivity index (χ1v) is 11.9. The van der Waals surface area contributed by atoms with E-state index < -0.39 is 0 Å². The van der Waals surface area contributed by atoms with Crippen molar-refractivity contribution in [3.05, 3.63) is 103 Å². The van der Waals surface area contributed by atoms with Gasteiger partial charge in [0.15, 0.2) is 0 Å². The summed E-state index contributed by atoms with van der Waals surface area (Å²) in [7, 11) is 0. The van der Waals surface area contributed by atoms with Crippen LogP contribution in [0, 0.1) is 6.92 Å². The van der Waals surface area contributed by atoms with Crippen LogP contribution in [-0.4, -0.2) is 31.1 Å². The van der Waals surface area contributed by atoms with Crippen LogP contribution in [0.1, 0.15) is 19.4 Å². The minimum Gasteiger partial charge on any atom is -0.492 e. The van der Waals surface area contributed by atoms with Crippen molar-refractivity contribution in [1.82, 2.24) is 4.90 Å². The third-order valence-electron chi connectivity index (χ3n) is 6.18. The summed E-state index contributed by atoms with van der Waals surface area (Å²) in [5.74, 6) is 0.920. The number of hydrogen-bond donors (Lipinski definition) is 0. The van der Waals surface area contributed by atoms with Crippen molar-refractivity contribution in [2.24, 2.45) is 0 Å². The lowest BCUT2D eigenvalue weighted by Gasteiger charge is -2.18. The molecule has 0 aliphatic carbocycles. The molecule has 0 saturated carbocycles. The van der Waals surface area contributed by atoms with Gasteiger partial charge in [0.2, 0.25) is 0 Å². The molecule has 4 aromatic carbocycles. The molecule has 0 aliphatic rings. The SMILES string of the molecule is CCN(CC)CCOc1ccc(-c2cc(-c3ccccc3)cc(-c3ccc(C)cc3)c2)cc1. The van der Waals surface area contributed by atoms with Gasteiger partial charge in [0.1, 0.15) is 12.4 Å². The maximum atomic E-state index is 5.99. The van der Waals surface area contributed by atoms with Crippen molar-refractivity contribution < 1.29 is 4.74 Å². The Kier molecular flexibility index (Phi) is 7.59. The molecular weight excluding hydrogens is 402 g/mol. The molecule has 2 nitrogen and oxygen atoms in total. The van der Waals surface area contributed by atoms with Gasteiger partial charge in [0, 0.05) is 6.54 Å². The van der Waals surface area contributed by atoms with Gasteiger partial charge in [-0.25, -0.2) is 0 Å². The smallest absolute Gasteiger partial charge is 0.119 e. The van der Waals surface area contributed by atoms with Gasteiger partial charge in [-0.3, -0.25) is 0 Å². The van der Waals surface area contributed by atoms with Crippen molar-refractivity contribution in [2.75, 3.05) is 26.2 Å². The van der Waals surface area contributed by atoms with Gasteiger partial charge in [-0.15, -0.1) is 0 Å². The second-order valence-corrected chi connectivity index (χ2v) is 8.43. The molecule has 4 rings (SSSR count). The van der Waals surface area contributed by atoms with E-state index in [1.807, 2.05) is 0 Å². The van der Waals surface area contributed by atoms with Gasteiger partial charge in [-0.1, -0.05) is 86.1 Å². The van der Waals surface area contributed by atoms with Gasteiger partial charge in [-0.05, 0) is 83.7 Å². The van der Waals surface area contributed by atoms with Gasteiger partial charge in [-0.2, -0.15) is 0 Å². The molecule has 0 spiro atoms. The molecule has 0 heterocycles. The highest BCUT2D eigenvalue weighted by Crippen LogP contribution is 2.33. The average Bonchev–Trinajstić information content (AvgIpc) is 2.88. The molecule has 0 aromatic heterocycles. The van der Waals surface area contributed by atoms with Crippen LogP contribution in [-0.2, 0) is 0 Å². The van der Waals surface area contributed by atoms with E-state index in [1.165, 1.54) is 38.9 Å². The fraction of sp³-hybridized carbons (Fsp3) is 0.226. The number of nitrogens with zero attached hydrogens (tertiary/aromatic N) is 1. The number of likely N-dealkylation sites (N-methyl/N-ethyl adjacent to an activating group) is 1. The largest absolute Gasteiger partial charge is 0.492 e. The third kappa shape index (κ3) is 5.91. The Morgan fingerprint density at radius 3 is 1.58 bits per heavy atom. The summed E-state index contributed by atoms with van der Waals surface area (Å²) in [5.41, 5.74) is 8.59. The van der Waals surface area contributed by atoms with Crippen LogP contribution < -0.4 is 4.74 Å². The summed E-state index contributed by atoms with van der Waals surface area (Å²) >= 11 is 0. The molecule has 168 valence electrons. The molecular formula is C31H33NO. The lowest BCUT2D eigenvalue weighted by molar-refractivity contribution is 0.223. The van der Waals surface area contributed by atoms with E-state index in [4.69, 9.17) is 4.74 Å². The second-order valence-electron chi connectivity index (χ2n) is 8.43. The maximum absolute atomic E-state index is 5.99. The summed E-state index contributed by atoms with van der Waals surface area (Å²) in [5, 5.41) is 0. The minimum atomic E-state index is 0.710. The quantitative estimate of drug-likeness (QED) is 0.267. The van der Waals surface area contributed by atoms with Gasteiger partial charge < -0.3 is 9.64 Å². The molecule has 0 bridgehead atoms. The first kappa shape index (κ1) is 22.8. The highest BCUT2D eigenvalue weighted by atomic mass is 16.5. The van der Waals surface area contributed by atoms with Crippen molar-refractivity contribution in [3.8, 4) is 39.1 Å². The zero-order chi connectivity index (χ0) is 23.0. The van der Waals surface area contributed by atoms with Crippen LogP contribution in [0.5, 0.6) is 5.75 Å². The van der Waals surface area contributed by atoms with Crippen molar-refractivity contribution in [3.63, 3.8) is 0 Å². The first-order valence-electron chi connectivity index (χ1n) is 11.9. The first-order chi connectivity index (χ1) is 16.2. The van der Waals surface area contributed by atoms with E-state index in [9.17, 15) is 0 Å². The Morgan fingerprint density at radius 1 is 0.576 bits per heavy atom. The highest BCUT2D eigenvalue weighted by Gasteiger charge is 2.08. The summed E-state index contributed by atoms with van der Waals surface area (Å²) in [6, 6.07) is 34.7. The predicted molar refractivity (Wildman–Crippen MR) is 141 cm³/mol. The Bertz CT molecular complexity index is 1140. The number of rotatable bonds is 9. The van der Waals surface area contributed by atoms with Gasteiger partial charge in [0.25, 0.3) is 0 Å². The standard InChI is InChI=1S/C31H33NO/c1-4-32(5-2)19-20-33-31-17-15-27(16-18-31)30-22-28(25-9-7-6-8-10-25)21-29(23-30)26-13-11-24(3)12-14-26/h6-18,21-23H,4-5,19-20H2,1-3H3. The van der Waals surface area contributed by atoms with Crippen LogP contribution in [0.4, 0.5) is 0 Å². The number of benzene rings is 4. The molecule has 0 N–H and O–H groups in total. The van der Waals surface area contributed by atoms with Crippen LogP contribution in [0.25, 0.3) is 33.4 Å². The van der Waals surface area contributed by atoms with Crippen molar-refractivity contribution in [1.29, 1.82) is 0 Å². The van der Waals surface area contributed by atoms with E-state index in [1.54, 1.807) is 0 Å². The molecule has 4 aromatic rings. The van der Waals surface area contributed by atoms with Crippen molar-refractivity contribution >= 4 is 0 Å². The lowest BCUT2D eigenvalue weighted by atomic mass is 9.93. The number of ether oxygens (including phenoxy) is 1. The molecule has 0 saturated heterocycles. The van der Waals surface area contributed by atoms with Crippen LogP contribution in [0.15, 0.2) is 97.1 Å². The molecule has 0 unspecified atom stereocenters. The number of hydrogen-bond acceptors (Lipinski definition) is 2. The van der Waals surface area contributed by atoms with E-state index >= 15 is 0 Å². The normalized spacial score (nSPS) is 11.0. The molecule has 33 heavy (non-hydrogen) atoms. The van der Waals surface area contributed by atoms with Gasteiger partial charge in [0.05, 0.1) is 0 Å². The Balaban J connectivity index is 1.62. The fourth-order valence-electron chi connectivity index (χ4n) is 4.08. The lowest BCUT2D eigenvalue weighted by Crippen LogP contribution is -2.27. The molecule has 0 radical (unpaired) electrons. The minimum absolute atomic E-state index is 0.710. The van der Waals surface area contributed by atoms with Gasteiger partial charge >= 0.3 is 0 Å². The van der Waals surface area contributed by atoms with E-state index in [0.29, 0.717) is 6.61 Å². The summed E-state index contributed by atoms with van der Waals surface area (Å²) in [6.07, 6.45) is 0. The molecule has 0 fully saturated rings. The van der Waals surface area contributed by atoms with E-state index in [2.05, 4.69) is 123 Å². The topological polar surface area (TPSA) is 12.5 Å². The van der Waals surface area contributed by atoms with Crippen LogP contribution >= 0.6 is 0 Å². The average molecular weight is 436 g/mol. The molecule has 0 aliphatic heterocycles. The summed E-state index contributed by atoms with van der Waals surface area (Å²) in [4.78, 5) is 2.37. The van der Waals surface area contributed by atoms with E-state index in [-0.39, 0.29) is 0 Å². The van der Waals surface area contributed by atoms with E-state index in [0.717, 1.165) is 25.4 Å². The Hall–Kier alpha value is -3.36. The number of aryl methyl sites for hydroxylation is 1. The maximum Gasteiger partial charge on any atom is 0.119 e. The van der Waals surface area contributed by atoms with Crippen molar-refractivity contribution in [2.45, 2.75) is 20.8 Å². The molecule has 2 heteroatoms.